The molecule has 3 fully saturated rings. The van der Waals surface area contributed by atoms with E-state index in [4.69, 9.17) is 5.73 Å². The summed E-state index contributed by atoms with van der Waals surface area (Å²) in [7, 11) is 0. The van der Waals surface area contributed by atoms with Gasteiger partial charge in [0.05, 0.1) is 0 Å². The summed E-state index contributed by atoms with van der Waals surface area (Å²) < 4.78 is 0. The minimum absolute atomic E-state index is 0.875. The highest BCUT2D eigenvalue weighted by atomic mass is 15.2. The molecule has 4 atom stereocenters. The zero-order valence-corrected chi connectivity index (χ0v) is 11.0. The Labute approximate surface area is 105 Å². The first-order valence-corrected chi connectivity index (χ1v) is 7.53. The number of nitrogens with two attached hydrogens (primary N) is 1. The molecule has 0 aliphatic carbocycles. The molecule has 0 amide bonds. The molecule has 4 unspecified atom stereocenters. The van der Waals surface area contributed by atoms with Crippen molar-refractivity contribution in [1.29, 1.82) is 0 Å². The summed E-state index contributed by atoms with van der Waals surface area (Å²) in [6.45, 7) is 7.64. The van der Waals surface area contributed by atoms with Gasteiger partial charge in [-0.2, -0.15) is 0 Å². The first-order chi connectivity index (χ1) is 8.36. The Morgan fingerprint density at radius 1 is 1.00 bits per heavy atom. The van der Waals surface area contributed by atoms with Gasteiger partial charge in [0.25, 0.3) is 0 Å². The van der Waals surface area contributed by atoms with Gasteiger partial charge >= 0.3 is 0 Å². The Morgan fingerprint density at radius 2 is 1.88 bits per heavy atom. The Morgan fingerprint density at radius 3 is 2.76 bits per heavy atom. The lowest BCUT2D eigenvalue weighted by molar-refractivity contribution is 0.0597. The van der Waals surface area contributed by atoms with Crippen LogP contribution in [-0.4, -0.2) is 55.1 Å². The summed E-state index contributed by atoms with van der Waals surface area (Å²) in [5.41, 5.74) is 5.72. The third kappa shape index (κ3) is 2.51. The van der Waals surface area contributed by atoms with Crippen LogP contribution in [0, 0.1) is 11.8 Å². The van der Waals surface area contributed by atoms with E-state index in [-0.39, 0.29) is 0 Å². The van der Waals surface area contributed by atoms with Crippen molar-refractivity contribution < 1.29 is 0 Å². The number of piperidine rings is 2. The quantitative estimate of drug-likeness (QED) is 0.799. The first kappa shape index (κ1) is 11.9. The predicted octanol–water partition coefficient (Wildman–Crippen LogP) is 1.14. The Hall–Kier alpha value is -0.120. The van der Waals surface area contributed by atoms with E-state index in [1.165, 1.54) is 64.8 Å². The fourth-order valence-corrected chi connectivity index (χ4v) is 4.28. The standard InChI is InChI=1S/C14H27N3/c15-6-3-12-2-1-7-17(10-12)14-5-9-16-8-4-13(14)11-16/h12-14H,1-11,15H2. The number of hydrogen-bond donors (Lipinski definition) is 1. The molecule has 3 heteroatoms. The fraction of sp³-hybridized carbons (Fsp3) is 1.00. The summed E-state index contributed by atoms with van der Waals surface area (Å²) in [4.78, 5) is 5.47. The zero-order chi connectivity index (χ0) is 11.7. The number of rotatable bonds is 3. The van der Waals surface area contributed by atoms with Crippen molar-refractivity contribution in [1.82, 2.24) is 9.80 Å². The molecule has 3 saturated heterocycles. The SMILES string of the molecule is NCCC1CCCN(C2CCN3CCC2C3)C1. The monoisotopic (exact) mass is 237 g/mol. The number of nitrogens with zero attached hydrogens (tertiary/aromatic N) is 2. The summed E-state index contributed by atoms with van der Waals surface area (Å²) >= 11 is 0. The molecule has 3 nitrogen and oxygen atoms in total. The van der Waals surface area contributed by atoms with Crippen LogP contribution in [0.3, 0.4) is 0 Å². The van der Waals surface area contributed by atoms with E-state index in [9.17, 15) is 0 Å². The first-order valence-electron chi connectivity index (χ1n) is 7.53. The smallest absolute Gasteiger partial charge is 0.0148 e. The van der Waals surface area contributed by atoms with Gasteiger partial charge in [0.2, 0.25) is 0 Å². The molecule has 3 heterocycles. The molecular formula is C14H27N3. The van der Waals surface area contributed by atoms with Crippen LogP contribution in [0.25, 0.3) is 0 Å². The average Bonchev–Trinajstić information content (AvgIpc) is 2.72. The Balaban J connectivity index is 1.59. The van der Waals surface area contributed by atoms with Crippen LogP contribution in [0.5, 0.6) is 0 Å². The predicted molar refractivity (Wildman–Crippen MR) is 70.9 cm³/mol. The van der Waals surface area contributed by atoms with E-state index >= 15 is 0 Å². The molecule has 0 saturated carbocycles. The minimum Gasteiger partial charge on any atom is -0.330 e. The maximum absolute atomic E-state index is 5.72. The van der Waals surface area contributed by atoms with Crippen LogP contribution < -0.4 is 5.73 Å². The summed E-state index contributed by atoms with van der Waals surface area (Å²) in [6, 6.07) is 0.898. The third-order valence-corrected chi connectivity index (χ3v) is 5.19. The van der Waals surface area contributed by atoms with Crippen molar-refractivity contribution in [2.75, 3.05) is 39.3 Å². The van der Waals surface area contributed by atoms with Crippen LogP contribution >= 0.6 is 0 Å². The normalized spacial score (nSPS) is 42.9. The fourth-order valence-electron chi connectivity index (χ4n) is 4.28. The molecule has 0 radical (unpaired) electrons. The van der Waals surface area contributed by atoms with Crippen molar-refractivity contribution in [2.45, 2.75) is 38.1 Å². The van der Waals surface area contributed by atoms with Crippen LogP contribution in [0.4, 0.5) is 0 Å². The number of likely N-dealkylation sites (tertiary alicyclic amines) is 1. The number of fused-ring (bicyclic) bond motifs is 2. The molecule has 98 valence electrons. The van der Waals surface area contributed by atoms with Gasteiger partial charge in [-0.1, -0.05) is 0 Å². The molecule has 2 N–H and O–H groups in total. The second kappa shape index (κ2) is 5.25. The maximum atomic E-state index is 5.72. The molecule has 3 aliphatic heterocycles. The van der Waals surface area contributed by atoms with Crippen LogP contribution in [0.2, 0.25) is 0 Å². The van der Waals surface area contributed by atoms with Crippen LogP contribution in [-0.2, 0) is 0 Å². The van der Waals surface area contributed by atoms with E-state index in [0.29, 0.717) is 0 Å². The van der Waals surface area contributed by atoms with Crippen molar-refractivity contribution in [2.24, 2.45) is 17.6 Å². The lowest BCUT2D eigenvalue weighted by atomic mass is 9.88. The topological polar surface area (TPSA) is 32.5 Å². The second-order valence-corrected chi connectivity index (χ2v) is 6.29. The number of hydrogen-bond acceptors (Lipinski definition) is 3. The summed E-state index contributed by atoms with van der Waals surface area (Å²) in [5, 5.41) is 0. The van der Waals surface area contributed by atoms with Crippen LogP contribution in [0.15, 0.2) is 0 Å². The van der Waals surface area contributed by atoms with Gasteiger partial charge in [0.1, 0.15) is 0 Å². The third-order valence-electron chi connectivity index (χ3n) is 5.19. The van der Waals surface area contributed by atoms with Gasteiger partial charge in [-0.25, -0.2) is 0 Å². The highest BCUT2D eigenvalue weighted by molar-refractivity contribution is 4.93. The van der Waals surface area contributed by atoms with Crippen LogP contribution in [0.1, 0.15) is 32.1 Å². The lowest BCUT2D eigenvalue weighted by Crippen LogP contribution is -2.50. The van der Waals surface area contributed by atoms with Gasteiger partial charge in [-0.05, 0) is 70.1 Å². The zero-order valence-electron chi connectivity index (χ0n) is 11.0. The largest absolute Gasteiger partial charge is 0.330 e. The van der Waals surface area contributed by atoms with E-state index in [2.05, 4.69) is 9.80 Å². The Bertz CT molecular complexity index is 254. The van der Waals surface area contributed by atoms with E-state index in [1.54, 1.807) is 0 Å². The highest BCUT2D eigenvalue weighted by Gasteiger charge is 2.38. The van der Waals surface area contributed by atoms with Gasteiger partial charge in [0.15, 0.2) is 0 Å². The van der Waals surface area contributed by atoms with Gasteiger partial charge in [-0.15, -0.1) is 0 Å². The molecule has 2 bridgehead atoms. The summed E-state index contributed by atoms with van der Waals surface area (Å²) in [6.07, 6.45) is 6.91. The van der Waals surface area contributed by atoms with E-state index in [0.717, 1.165) is 24.4 Å². The molecule has 17 heavy (non-hydrogen) atoms. The van der Waals surface area contributed by atoms with E-state index in [1.807, 2.05) is 0 Å². The van der Waals surface area contributed by atoms with Gasteiger partial charge < -0.3 is 10.6 Å². The van der Waals surface area contributed by atoms with Gasteiger partial charge in [0, 0.05) is 19.1 Å². The Kier molecular flexibility index (Phi) is 3.69. The molecule has 0 spiro atoms. The molecule has 0 aromatic heterocycles. The second-order valence-electron chi connectivity index (χ2n) is 6.29. The van der Waals surface area contributed by atoms with Crippen molar-refractivity contribution in [3.8, 4) is 0 Å². The van der Waals surface area contributed by atoms with Crippen molar-refractivity contribution in [3.05, 3.63) is 0 Å². The minimum atomic E-state index is 0.875. The van der Waals surface area contributed by atoms with Crippen molar-refractivity contribution in [3.63, 3.8) is 0 Å². The van der Waals surface area contributed by atoms with Crippen molar-refractivity contribution >= 4 is 0 Å². The lowest BCUT2D eigenvalue weighted by Gasteiger charge is -2.43. The molecule has 3 rings (SSSR count). The van der Waals surface area contributed by atoms with E-state index < -0.39 is 0 Å². The molecule has 0 aromatic carbocycles. The molecule has 0 aromatic rings. The average molecular weight is 237 g/mol. The molecular weight excluding hydrogens is 210 g/mol. The van der Waals surface area contributed by atoms with Gasteiger partial charge in [-0.3, -0.25) is 4.90 Å². The maximum Gasteiger partial charge on any atom is 0.0148 e. The highest BCUT2D eigenvalue weighted by Crippen LogP contribution is 2.33. The molecule has 3 aliphatic rings. The summed E-state index contributed by atoms with van der Waals surface area (Å²) in [5.74, 6) is 1.86.